The highest BCUT2D eigenvalue weighted by atomic mass is 19.1. The van der Waals surface area contributed by atoms with Gasteiger partial charge in [0.1, 0.15) is 11.6 Å². The lowest BCUT2D eigenvalue weighted by molar-refractivity contribution is -0.118. The quantitative estimate of drug-likeness (QED) is 0.768. The minimum Gasteiger partial charge on any atom is -0.507 e. The first-order valence-corrected chi connectivity index (χ1v) is 4.99. The van der Waals surface area contributed by atoms with E-state index in [4.69, 9.17) is 0 Å². The van der Waals surface area contributed by atoms with Gasteiger partial charge in [0, 0.05) is 13.5 Å². The van der Waals surface area contributed by atoms with Gasteiger partial charge in [0.15, 0.2) is 0 Å². The minimum absolute atomic E-state index is 0.0872. The number of amides is 1. The van der Waals surface area contributed by atoms with Crippen LogP contribution in [0.3, 0.4) is 0 Å². The SMILES string of the molecule is CC(=O)NCCC=Cc1c(O)cccc1F. The number of benzene rings is 1. The lowest BCUT2D eigenvalue weighted by Crippen LogP contribution is -2.20. The van der Waals surface area contributed by atoms with Gasteiger partial charge in [-0.05, 0) is 18.6 Å². The minimum atomic E-state index is -0.462. The van der Waals surface area contributed by atoms with Crippen LogP contribution < -0.4 is 5.32 Å². The van der Waals surface area contributed by atoms with E-state index >= 15 is 0 Å². The Balaban J connectivity index is 2.53. The van der Waals surface area contributed by atoms with Gasteiger partial charge >= 0.3 is 0 Å². The van der Waals surface area contributed by atoms with Crippen LogP contribution in [0.4, 0.5) is 4.39 Å². The molecule has 4 heteroatoms. The van der Waals surface area contributed by atoms with Gasteiger partial charge in [0.25, 0.3) is 0 Å². The number of nitrogens with one attached hydrogen (secondary N) is 1. The standard InChI is InChI=1S/C12H14FNO2/c1-9(15)14-8-3-2-5-10-11(13)6-4-7-12(10)16/h2,4-7,16H,3,8H2,1H3,(H,14,15). The van der Waals surface area contributed by atoms with Crippen LogP contribution in [0, 0.1) is 5.82 Å². The van der Waals surface area contributed by atoms with Crippen LogP contribution in [0.15, 0.2) is 24.3 Å². The van der Waals surface area contributed by atoms with Crippen LogP contribution in [0.1, 0.15) is 18.9 Å². The van der Waals surface area contributed by atoms with Gasteiger partial charge in [-0.25, -0.2) is 4.39 Å². The molecule has 0 bridgehead atoms. The lowest BCUT2D eigenvalue weighted by atomic mass is 10.1. The molecule has 86 valence electrons. The van der Waals surface area contributed by atoms with Gasteiger partial charge in [-0.15, -0.1) is 0 Å². The Morgan fingerprint density at radius 2 is 2.31 bits per heavy atom. The van der Waals surface area contributed by atoms with Crippen molar-refractivity contribution in [1.29, 1.82) is 0 Å². The summed E-state index contributed by atoms with van der Waals surface area (Å²) in [5.41, 5.74) is 0.172. The van der Waals surface area contributed by atoms with Gasteiger partial charge in [-0.3, -0.25) is 4.79 Å². The fraction of sp³-hybridized carbons (Fsp3) is 0.250. The highest BCUT2D eigenvalue weighted by Gasteiger charge is 2.02. The number of aromatic hydroxyl groups is 1. The first-order chi connectivity index (χ1) is 7.61. The van der Waals surface area contributed by atoms with E-state index in [0.717, 1.165) is 0 Å². The molecule has 0 aromatic heterocycles. The largest absolute Gasteiger partial charge is 0.507 e. The van der Waals surface area contributed by atoms with Gasteiger partial charge in [0.05, 0.1) is 5.56 Å². The number of hydrogen-bond donors (Lipinski definition) is 2. The second-order valence-electron chi connectivity index (χ2n) is 3.35. The Morgan fingerprint density at radius 1 is 1.56 bits per heavy atom. The lowest BCUT2D eigenvalue weighted by Gasteiger charge is -2.00. The summed E-state index contributed by atoms with van der Waals surface area (Å²) in [6, 6.07) is 4.16. The second kappa shape index (κ2) is 5.90. The molecule has 1 amide bonds. The molecule has 1 rings (SSSR count). The van der Waals surface area contributed by atoms with E-state index < -0.39 is 5.82 Å². The number of halogens is 1. The fourth-order valence-electron chi connectivity index (χ4n) is 1.22. The van der Waals surface area contributed by atoms with E-state index in [-0.39, 0.29) is 17.2 Å². The highest BCUT2D eigenvalue weighted by molar-refractivity contribution is 5.72. The molecule has 0 aliphatic rings. The van der Waals surface area contributed by atoms with Crippen molar-refractivity contribution in [3.8, 4) is 5.75 Å². The van der Waals surface area contributed by atoms with Crippen LogP contribution >= 0.6 is 0 Å². The van der Waals surface area contributed by atoms with Crippen LogP contribution in [-0.2, 0) is 4.79 Å². The number of phenolic OH excluding ortho intramolecular Hbond substituents is 1. The Morgan fingerprint density at radius 3 is 2.94 bits per heavy atom. The maximum Gasteiger partial charge on any atom is 0.216 e. The van der Waals surface area contributed by atoms with Crippen molar-refractivity contribution in [2.24, 2.45) is 0 Å². The normalized spacial score (nSPS) is 10.6. The van der Waals surface area contributed by atoms with Crippen molar-refractivity contribution in [2.75, 3.05) is 6.54 Å². The molecule has 0 aliphatic carbocycles. The third-order valence-corrected chi connectivity index (χ3v) is 2.00. The molecule has 0 heterocycles. The van der Waals surface area contributed by atoms with Crippen LogP contribution in [0.2, 0.25) is 0 Å². The molecule has 0 spiro atoms. The molecule has 2 N–H and O–H groups in total. The topological polar surface area (TPSA) is 49.3 Å². The fourth-order valence-corrected chi connectivity index (χ4v) is 1.22. The Hall–Kier alpha value is -1.84. The molecule has 16 heavy (non-hydrogen) atoms. The van der Waals surface area contributed by atoms with Crippen LogP contribution in [0.5, 0.6) is 5.75 Å². The Bertz CT molecular complexity index is 382. The molecule has 1 aromatic carbocycles. The number of carbonyl (C=O) groups is 1. The van der Waals surface area contributed by atoms with Gasteiger partial charge in [0.2, 0.25) is 5.91 Å². The predicted octanol–water partition coefficient (Wildman–Crippen LogP) is 2.07. The van der Waals surface area contributed by atoms with Crippen molar-refractivity contribution in [1.82, 2.24) is 5.32 Å². The summed E-state index contributed by atoms with van der Waals surface area (Å²) in [7, 11) is 0. The summed E-state index contributed by atoms with van der Waals surface area (Å²) in [6.07, 6.45) is 3.80. The third-order valence-electron chi connectivity index (χ3n) is 2.00. The maximum atomic E-state index is 13.2. The Kier molecular flexibility index (Phi) is 4.51. The number of rotatable bonds is 4. The maximum absolute atomic E-state index is 13.2. The third kappa shape index (κ3) is 3.73. The molecule has 0 atom stereocenters. The average molecular weight is 223 g/mol. The van der Waals surface area contributed by atoms with Crippen molar-refractivity contribution in [3.63, 3.8) is 0 Å². The summed E-state index contributed by atoms with van der Waals surface area (Å²) in [6.45, 7) is 1.94. The van der Waals surface area contributed by atoms with E-state index in [1.54, 1.807) is 6.08 Å². The first-order valence-electron chi connectivity index (χ1n) is 4.99. The zero-order valence-corrected chi connectivity index (χ0v) is 9.03. The highest BCUT2D eigenvalue weighted by Crippen LogP contribution is 2.21. The average Bonchev–Trinajstić information content (AvgIpc) is 2.21. The molecule has 3 nitrogen and oxygen atoms in total. The summed E-state index contributed by atoms with van der Waals surface area (Å²) in [5, 5.41) is 12.0. The van der Waals surface area contributed by atoms with Crippen molar-refractivity contribution in [2.45, 2.75) is 13.3 Å². The number of phenols is 1. The molecule has 0 aliphatic heterocycles. The molecule has 0 radical (unpaired) electrons. The van der Waals surface area contributed by atoms with Gasteiger partial charge in [-0.2, -0.15) is 0 Å². The van der Waals surface area contributed by atoms with Crippen molar-refractivity contribution >= 4 is 12.0 Å². The van der Waals surface area contributed by atoms with Crippen molar-refractivity contribution in [3.05, 3.63) is 35.7 Å². The van der Waals surface area contributed by atoms with Crippen LogP contribution in [-0.4, -0.2) is 17.6 Å². The molecular weight excluding hydrogens is 209 g/mol. The first kappa shape index (κ1) is 12.2. The van der Waals surface area contributed by atoms with Crippen LogP contribution in [0.25, 0.3) is 6.08 Å². The summed E-state index contributed by atoms with van der Waals surface area (Å²) >= 11 is 0. The van der Waals surface area contributed by atoms with E-state index in [2.05, 4.69) is 5.32 Å². The molecule has 1 aromatic rings. The Labute approximate surface area is 93.6 Å². The van der Waals surface area contributed by atoms with E-state index in [0.29, 0.717) is 13.0 Å². The monoisotopic (exact) mass is 223 g/mol. The molecule has 0 fully saturated rings. The smallest absolute Gasteiger partial charge is 0.216 e. The number of carbonyl (C=O) groups excluding carboxylic acids is 1. The summed E-state index contributed by atoms with van der Waals surface area (Å²) in [4.78, 5) is 10.5. The second-order valence-corrected chi connectivity index (χ2v) is 3.35. The van der Waals surface area contributed by atoms with E-state index in [1.165, 1.54) is 31.2 Å². The zero-order valence-electron chi connectivity index (χ0n) is 9.03. The van der Waals surface area contributed by atoms with E-state index in [1.807, 2.05) is 0 Å². The van der Waals surface area contributed by atoms with Gasteiger partial charge in [-0.1, -0.05) is 18.2 Å². The summed E-state index contributed by atoms with van der Waals surface area (Å²) in [5.74, 6) is -0.645. The zero-order chi connectivity index (χ0) is 12.0. The van der Waals surface area contributed by atoms with Crippen molar-refractivity contribution < 1.29 is 14.3 Å². The predicted molar refractivity (Wildman–Crippen MR) is 60.4 cm³/mol. The van der Waals surface area contributed by atoms with Gasteiger partial charge < -0.3 is 10.4 Å². The molecule has 0 saturated heterocycles. The van der Waals surface area contributed by atoms with E-state index in [9.17, 15) is 14.3 Å². The summed E-state index contributed by atoms with van der Waals surface area (Å²) < 4.78 is 13.2. The molecular formula is C12H14FNO2. The number of hydrogen-bond acceptors (Lipinski definition) is 2. The molecule has 0 unspecified atom stereocenters. The molecule has 0 saturated carbocycles.